The molecule has 0 amide bonds. The Balaban J connectivity index is 0.000000604. The van der Waals surface area contributed by atoms with Gasteiger partial charge in [-0.05, 0) is 24.3 Å². The molecule has 3 aromatic rings. The molecule has 3 aromatic heterocycles. The highest BCUT2D eigenvalue weighted by molar-refractivity contribution is 7.12. The van der Waals surface area contributed by atoms with Gasteiger partial charge in [0, 0.05) is 42.9 Å². The van der Waals surface area contributed by atoms with Crippen molar-refractivity contribution in [1.29, 1.82) is 0 Å². The average Bonchev–Trinajstić information content (AvgIpc) is 3.42. The van der Waals surface area contributed by atoms with E-state index in [0.717, 1.165) is 25.8 Å². The van der Waals surface area contributed by atoms with Crippen LogP contribution in [-0.2, 0) is 17.9 Å². The third kappa shape index (κ3) is 8.85. The number of carboxylic acids is 1. The first kappa shape index (κ1) is 29.2. The molecular weight excluding hydrogens is 523 g/mol. The normalized spacial score (nSPS) is 10.6. The number of aromatic nitrogens is 4. The van der Waals surface area contributed by atoms with Gasteiger partial charge in [0.05, 0.1) is 18.0 Å². The van der Waals surface area contributed by atoms with Gasteiger partial charge in [-0.2, -0.15) is 27.1 Å². The maximum absolute atomic E-state index is 12.8. The average molecular weight is 545 g/mol. The summed E-state index contributed by atoms with van der Waals surface area (Å²) < 4.78 is 59.6. The molecule has 0 aliphatic heterocycles. The van der Waals surface area contributed by atoms with E-state index in [4.69, 9.17) is 15.6 Å². The Hall–Kier alpha value is -4.03. The number of carboxylic acid groups (broad SMARTS) is 1. The van der Waals surface area contributed by atoms with E-state index in [1.54, 1.807) is 6.20 Å². The van der Waals surface area contributed by atoms with Crippen LogP contribution in [-0.4, -0.2) is 57.2 Å². The summed E-state index contributed by atoms with van der Waals surface area (Å²) in [5, 5.41) is 11.0. The van der Waals surface area contributed by atoms with Gasteiger partial charge in [0.15, 0.2) is 0 Å². The molecule has 9 nitrogen and oxygen atoms in total. The summed E-state index contributed by atoms with van der Waals surface area (Å²) in [7, 11) is 3.84. The van der Waals surface area contributed by atoms with Crippen LogP contribution in [0.1, 0.15) is 15.3 Å². The number of nitrogens with two attached hydrogens (primary N) is 1. The molecule has 0 unspecified atom stereocenters. The van der Waals surface area contributed by atoms with Crippen LogP contribution in [0, 0.1) is 11.8 Å². The van der Waals surface area contributed by atoms with Crippen LogP contribution in [0.25, 0.3) is 0 Å². The first-order chi connectivity index (χ1) is 17.3. The molecule has 3 rings (SSSR count). The van der Waals surface area contributed by atoms with Gasteiger partial charge in [-0.1, -0.05) is 11.8 Å². The van der Waals surface area contributed by atoms with Crippen molar-refractivity contribution in [2.24, 2.45) is 5.73 Å². The van der Waals surface area contributed by atoms with Gasteiger partial charge in [-0.3, -0.25) is 4.57 Å². The van der Waals surface area contributed by atoms with Gasteiger partial charge in [0.1, 0.15) is 12.1 Å². The van der Waals surface area contributed by atoms with E-state index in [1.165, 1.54) is 22.2 Å². The van der Waals surface area contributed by atoms with Crippen molar-refractivity contribution in [3.63, 3.8) is 0 Å². The molecule has 0 aromatic carbocycles. The number of hydrogen-bond donors (Lipinski definition) is 2. The molecule has 0 radical (unpaired) electrons. The van der Waals surface area contributed by atoms with Gasteiger partial charge >= 0.3 is 17.8 Å². The number of aliphatic carboxylic acids is 1. The highest BCUT2D eigenvalue weighted by Crippen LogP contribution is 2.17. The Morgan fingerprint density at radius 2 is 1.86 bits per heavy atom. The van der Waals surface area contributed by atoms with E-state index in [9.17, 15) is 26.7 Å². The van der Waals surface area contributed by atoms with Gasteiger partial charge in [0.25, 0.3) is 6.08 Å². The molecule has 0 saturated heterocycles. The minimum Gasteiger partial charge on any atom is -0.475 e. The lowest BCUT2D eigenvalue weighted by atomic mass is 10.3. The molecule has 3 N–H and O–H groups in total. The predicted molar refractivity (Wildman–Crippen MR) is 126 cm³/mol. The SMILES string of the molecule is CN(C)c1ccc(C#Cc2ccc(Cn3cnn(CC(CN)=C(F)F)c3=O)s2)cn1.O=C(O)C(F)(F)F. The van der Waals surface area contributed by atoms with Crippen LogP contribution in [0.15, 0.2) is 53.2 Å². The van der Waals surface area contributed by atoms with E-state index in [1.807, 2.05) is 43.3 Å². The zero-order valence-electron chi connectivity index (χ0n) is 19.5. The number of rotatable bonds is 6. The topological polar surface area (TPSA) is 119 Å². The summed E-state index contributed by atoms with van der Waals surface area (Å²) in [5.41, 5.74) is 5.30. The van der Waals surface area contributed by atoms with Gasteiger partial charge in [-0.15, -0.1) is 11.3 Å². The predicted octanol–water partition coefficient (Wildman–Crippen LogP) is 2.76. The lowest BCUT2D eigenvalue weighted by molar-refractivity contribution is -0.192. The number of halogens is 5. The zero-order chi connectivity index (χ0) is 27.8. The Labute approximate surface area is 211 Å². The van der Waals surface area contributed by atoms with Crippen LogP contribution in [0.5, 0.6) is 0 Å². The third-order valence-electron chi connectivity index (χ3n) is 4.42. The second kappa shape index (κ2) is 12.8. The quantitative estimate of drug-likeness (QED) is 0.362. The van der Waals surface area contributed by atoms with Crippen molar-refractivity contribution in [1.82, 2.24) is 19.3 Å². The maximum Gasteiger partial charge on any atom is 0.490 e. The van der Waals surface area contributed by atoms with Crippen LogP contribution >= 0.6 is 11.3 Å². The van der Waals surface area contributed by atoms with E-state index >= 15 is 0 Å². The molecule has 15 heteroatoms. The van der Waals surface area contributed by atoms with Crippen LogP contribution < -0.4 is 16.3 Å². The number of anilines is 1. The fourth-order valence-corrected chi connectivity index (χ4v) is 3.39. The van der Waals surface area contributed by atoms with Crippen molar-refractivity contribution in [3.05, 3.63) is 74.2 Å². The van der Waals surface area contributed by atoms with E-state index in [0.29, 0.717) is 0 Å². The Morgan fingerprint density at radius 1 is 1.19 bits per heavy atom. The van der Waals surface area contributed by atoms with Crippen LogP contribution in [0.4, 0.5) is 27.8 Å². The van der Waals surface area contributed by atoms with Gasteiger partial charge < -0.3 is 15.7 Å². The van der Waals surface area contributed by atoms with Crippen molar-refractivity contribution >= 4 is 23.1 Å². The molecule has 3 heterocycles. The van der Waals surface area contributed by atoms with Crippen molar-refractivity contribution in [3.8, 4) is 11.8 Å². The summed E-state index contributed by atoms with van der Waals surface area (Å²) in [4.78, 5) is 29.2. The zero-order valence-corrected chi connectivity index (χ0v) is 20.3. The summed E-state index contributed by atoms with van der Waals surface area (Å²) in [6.07, 6.45) is -3.92. The molecule has 0 atom stereocenters. The maximum atomic E-state index is 12.8. The second-order valence-electron chi connectivity index (χ2n) is 7.39. The third-order valence-corrected chi connectivity index (χ3v) is 5.40. The number of pyridine rings is 1. The molecule has 0 aliphatic carbocycles. The van der Waals surface area contributed by atoms with Crippen LogP contribution in [0.3, 0.4) is 0 Å². The number of thiophene rings is 1. The fraction of sp³-hybridized carbons (Fsp3) is 0.273. The van der Waals surface area contributed by atoms with E-state index < -0.39 is 23.9 Å². The summed E-state index contributed by atoms with van der Waals surface area (Å²) in [6.45, 7) is -0.376. The largest absolute Gasteiger partial charge is 0.490 e. The second-order valence-corrected chi connectivity index (χ2v) is 8.55. The number of alkyl halides is 3. The molecule has 198 valence electrons. The molecule has 0 fully saturated rings. The smallest absolute Gasteiger partial charge is 0.475 e. The summed E-state index contributed by atoms with van der Waals surface area (Å²) in [5.74, 6) is 4.25. The minimum atomic E-state index is -5.08. The Kier molecular flexibility index (Phi) is 10.1. The lowest BCUT2D eigenvalue weighted by Crippen LogP contribution is -2.27. The van der Waals surface area contributed by atoms with E-state index in [2.05, 4.69) is 21.9 Å². The Morgan fingerprint density at radius 3 is 2.38 bits per heavy atom. The monoisotopic (exact) mass is 544 g/mol. The van der Waals surface area contributed by atoms with Crippen LogP contribution in [0.2, 0.25) is 0 Å². The lowest BCUT2D eigenvalue weighted by Gasteiger charge is -2.09. The molecule has 0 spiro atoms. The first-order valence-electron chi connectivity index (χ1n) is 10.2. The van der Waals surface area contributed by atoms with Crippen molar-refractivity contribution < 1.29 is 31.9 Å². The van der Waals surface area contributed by atoms with Crippen molar-refractivity contribution in [2.75, 3.05) is 25.5 Å². The highest BCUT2D eigenvalue weighted by Gasteiger charge is 2.38. The highest BCUT2D eigenvalue weighted by atomic mass is 32.1. The summed E-state index contributed by atoms with van der Waals surface area (Å²) >= 11 is 1.45. The number of carbonyl (C=O) groups is 1. The minimum absolute atomic E-state index is 0.282. The van der Waals surface area contributed by atoms with E-state index in [-0.39, 0.29) is 25.2 Å². The molecule has 0 aliphatic rings. The summed E-state index contributed by atoms with van der Waals surface area (Å²) in [6, 6.07) is 7.55. The molecule has 0 saturated carbocycles. The van der Waals surface area contributed by atoms with Gasteiger partial charge in [-0.25, -0.2) is 19.3 Å². The molecule has 37 heavy (non-hydrogen) atoms. The number of hydrogen-bond acceptors (Lipinski definition) is 7. The number of nitrogens with zero attached hydrogens (tertiary/aromatic N) is 5. The van der Waals surface area contributed by atoms with Crippen molar-refractivity contribution in [2.45, 2.75) is 19.3 Å². The molecule has 0 bridgehead atoms. The first-order valence-corrected chi connectivity index (χ1v) is 11.0. The van der Waals surface area contributed by atoms with Gasteiger partial charge in [0.2, 0.25) is 0 Å². The fourth-order valence-electron chi connectivity index (χ4n) is 2.53. The standard InChI is InChI=1S/C20H20F2N6OS.C2HF3O2/c1-26(2)18-8-4-14(10-24-18)3-5-16-6-7-17(30-16)12-27-13-25-28(20(27)29)11-15(9-23)19(21)22;3-2(4,5)1(6)7/h4,6-8,10,13H,9,11-12,23H2,1-2H3;(H,6,7). The molecular formula is C22H21F5N6O3S. The Bertz CT molecular complexity index is 1360.